The number of likely N-dealkylation sites (tertiary alicyclic amines) is 1. The van der Waals surface area contributed by atoms with Crippen LogP contribution in [0.25, 0.3) is 0 Å². The molecule has 0 atom stereocenters. The fourth-order valence-corrected chi connectivity index (χ4v) is 3.17. The van der Waals surface area contributed by atoms with Crippen LogP contribution in [0.15, 0.2) is 24.3 Å². The average molecular weight is 331 g/mol. The van der Waals surface area contributed by atoms with Crippen molar-refractivity contribution < 1.29 is 19.1 Å². The van der Waals surface area contributed by atoms with E-state index in [9.17, 15) is 14.4 Å². The summed E-state index contributed by atoms with van der Waals surface area (Å²) in [6, 6.07) is 7.16. The topological polar surface area (TPSA) is 79.0 Å². The number of hydrogen-bond donors (Lipinski definition) is 1. The van der Waals surface area contributed by atoms with Crippen LogP contribution in [-0.2, 0) is 9.59 Å². The molecular weight excluding hydrogens is 310 g/mol. The smallest absolute Gasteiger partial charge is 0.324 e. The summed E-state index contributed by atoms with van der Waals surface area (Å²) in [5, 5.41) is 2.76. The minimum absolute atomic E-state index is 0.0311. The summed E-state index contributed by atoms with van der Waals surface area (Å²) in [5.41, 5.74) is 0.222. The highest BCUT2D eigenvalue weighted by molar-refractivity contribution is 6.06. The van der Waals surface area contributed by atoms with Crippen LogP contribution in [0.1, 0.15) is 18.4 Å². The Kier molecular flexibility index (Phi) is 4.17. The Hall–Kier alpha value is -2.57. The van der Waals surface area contributed by atoms with E-state index in [1.807, 2.05) is 31.2 Å². The Morgan fingerprint density at radius 3 is 2.58 bits per heavy atom. The molecule has 2 fully saturated rings. The SMILES string of the molecule is Cc1cccc(OCC(=O)N2CCC3(CC2)NC(=O)N(C)C3=O)c1. The summed E-state index contributed by atoms with van der Waals surface area (Å²) in [6.45, 7) is 2.78. The normalized spacial score (nSPS) is 19.6. The first-order valence-corrected chi connectivity index (χ1v) is 7.99. The van der Waals surface area contributed by atoms with Crippen molar-refractivity contribution in [2.75, 3.05) is 26.7 Å². The van der Waals surface area contributed by atoms with E-state index in [1.54, 1.807) is 4.90 Å². The molecule has 24 heavy (non-hydrogen) atoms. The van der Waals surface area contributed by atoms with Crippen molar-refractivity contribution in [1.82, 2.24) is 15.1 Å². The van der Waals surface area contributed by atoms with Gasteiger partial charge in [-0.2, -0.15) is 0 Å². The van der Waals surface area contributed by atoms with Gasteiger partial charge >= 0.3 is 6.03 Å². The van der Waals surface area contributed by atoms with Gasteiger partial charge in [0.05, 0.1) is 0 Å². The van der Waals surface area contributed by atoms with Gasteiger partial charge in [-0.1, -0.05) is 12.1 Å². The number of imide groups is 1. The van der Waals surface area contributed by atoms with Gasteiger partial charge in [0.15, 0.2) is 6.61 Å². The number of likely N-dealkylation sites (N-methyl/N-ethyl adjacent to an activating group) is 1. The number of carbonyl (C=O) groups excluding carboxylic acids is 3. The maximum absolute atomic E-state index is 12.3. The molecule has 2 aliphatic rings. The number of nitrogens with one attached hydrogen (secondary N) is 1. The summed E-state index contributed by atoms with van der Waals surface area (Å²) in [4.78, 5) is 39.0. The molecule has 7 nitrogen and oxygen atoms in total. The lowest BCUT2D eigenvalue weighted by Crippen LogP contribution is -2.56. The van der Waals surface area contributed by atoms with Crippen molar-refractivity contribution in [2.24, 2.45) is 0 Å². The fourth-order valence-electron chi connectivity index (χ4n) is 3.17. The second kappa shape index (κ2) is 6.14. The molecular formula is C17H21N3O4. The number of carbonyl (C=O) groups is 3. The summed E-state index contributed by atoms with van der Waals surface area (Å²) in [5.74, 6) is 0.337. The van der Waals surface area contributed by atoms with Crippen molar-refractivity contribution in [3.63, 3.8) is 0 Å². The van der Waals surface area contributed by atoms with Gasteiger partial charge in [-0.25, -0.2) is 4.79 Å². The van der Waals surface area contributed by atoms with Gasteiger partial charge in [0, 0.05) is 20.1 Å². The van der Waals surface area contributed by atoms with Crippen molar-refractivity contribution in [1.29, 1.82) is 0 Å². The molecule has 0 unspecified atom stereocenters. The number of piperidine rings is 1. The molecule has 4 amide bonds. The molecule has 3 rings (SSSR count). The van der Waals surface area contributed by atoms with Gasteiger partial charge < -0.3 is 15.0 Å². The molecule has 2 aliphatic heterocycles. The summed E-state index contributed by atoms with van der Waals surface area (Å²) >= 11 is 0. The Labute approximate surface area is 140 Å². The van der Waals surface area contributed by atoms with Crippen molar-refractivity contribution in [2.45, 2.75) is 25.3 Å². The standard InChI is InChI=1S/C17H21N3O4/c1-12-4-3-5-13(10-12)24-11-14(21)20-8-6-17(7-9-20)15(22)19(2)16(23)18-17/h3-5,10H,6-9,11H2,1-2H3,(H,18,23). The van der Waals surface area contributed by atoms with Crippen LogP contribution in [0.5, 0.6) is 5.75 Å². The predicted molar refractivity (Wildman–Crippen MR) is 86.5 cm³/mol. The van der Waals surface area contributed by atoms with Crippen molar-refractivity contribution in [3.8, 4) is 5.75 Å². The molecule has 0 saturated carbocycles. The van der Waals surface area contributed by atoms with Gasteiger partial charge in [0.25, 0.3) is 11.8 Å². The lowest BCUT2D eigenvalue weighted by atomic mass is 9.87. The van der Waals surface area contributed by atoms with Gasteiger partial charge in [-0.3, -0.25) is 14.5 Å². The molecule has 0 radical (unpaired) electrons. The third-order valence-corrected chi connectivity index (χ3v) is 4.69. The van der Waals surface area contributed by atoms with E-state index in [2.05, 4.69) is 5.32 Å². The molecule has 1 N–H and O–H groups in total. The highest BCUT2D eigenvalue weighted by Crippen LogP contribution is 2.28. The number of urea groups is 1. The lowest BCUT2D eigenvalue weighted by Gasteiger charge is -2.37. The average Bonchev–Trinajstić information content (AvgIpc) is 2.78. The Morgan fingerprint density at radius 2 is 2.00 bits per heavy atom. The van der Waals surface area contributed by atoms with Crippen LogP contribution in [0.3, 0.4) is 0 Å². The largest absolute Gasteiger partial charge is 0.484 e. The van der Waals surface area contributed by atoms with Crippen LogP contribution in [0, 0.1) is 6.92 Å². The van der Waals surface area contributed by atoms with E-state index in [0.717, 1.165) is 10.5 Å². The Morgan fingerprint density at radius 1 is 1.29 bits per heavy atom. The zero-order valence-electron chi connectivity index (χ0n) is 13.9. The van der Waals surface area contributed by atoms with E-state index in [1.165, 1.54) is 7.05 Å². The summed E-state index contributed by atoms with van der Waals surface area (Å²) in [7, 11) is 1.47. The van der Waals surface area contributed by atoms with Crippen LogP contribution in [0.4, 0.5) is 4.79 Å². The molecule has 0 bridgehead atoms. The number of benzene rings is 1. The van der Waals surface area contributed by atoms with Crippen molar-refractivity contribution in [3.05, 3.63) is 29.8 Å². The van der Waals surface area contributed by atoms with E-state index >= 15 is 0 Å². The highest BCUT2D eigenvalue weighted by atomic mass is 16.5. The Balaban J connectivity index is 1.54. The van der Waals surface area contributed by atoms with Gasteiger partial charge in [0.2, 0.25) is 0 Å². The quantitative estimate of drug-likeness (QED) is 0.835. The zero-order chi connectivity index (χ0) is 17.3. The molecule has 1 aromatic rings. The molecule has 0 aliphatic carbocycles. The van der Waals surface area contributed by atoms with Crippen LogP contribution in [-0.4, -0.2) is 59.9 Å². The molecule has 1 aromatic carbocycles. The number of ether oxygens (including phenoxy) is 1. The van der Waals surface area contributed by atoms with E-state index < -0.39 is 5.54 Å². The highest BCUT2D eigenvalue weighted by Gasteiger charge is 2.51. The fraction of sp³-hybridized carbons (Fsp3) is 0.471. The third-order valence-electron chi connectivity index (χ3n) is 4.69. The molecule has 0 aromatic heterocycles. The van der Waals surface area contributed by atoms with Gasteiger partial charge in [-0.15, -0.1) is 0 Å². The van der Waals surface area contributed by atoms with E-state index in [0.29, 0.717) is 31.7 Å². The number of amides is 4. The molecule has 2 heterocycles. The lowest BCUT2D eigenvalue weighted by molar-refractivity contribution is -0.139. The monoisotopic (exact) mass is 331 g/mol. The first-order valence-electron chi connectivity index (χ1n) is 7.99. The molecule has 1 spiro atoms. The number of nitrogens with zero attached hydrogens (tertiary/aromatic N) is 2. The Bertz CT molecular complexity index is 680. The van der Waals surface area contributed by atoms with Crippen LogP contribution >= 0.6 is 0 Å². The maximum Gasteiger partial charge on any atom is 0.324 e. The molecule has 2 saturated heterocycles. The summed E-state index contributed by atoms with van der Waals surface area (Å²) < 4.78 is 5.54. The van der Waals surface area contributed by atoms with Gasteiger partial charge in [-0.05, 0) is 37.5 Å². The molecule has 128 valence electrons. The van der Waals surface area contributed by atoms with Crippen molar-refractivity contribution >= 4 is 17.8 Å². The first-order chi connectivity index (χ1) is 11.4. The second-order valence-corrected chi connectivity index (χ2v) is 6.36. The number of aryl methyl sites for hydroxylation is 1. The molecule has 7 heteroatoms. The number of hydrogen-bond acceptors (Lipinski definition) is 4. The number of rotatable bonds is 3. The summed E-state index contributed by atoms with van der Waals surface area (Å²) in [6.07, 6.45) is 0.857. The van der Waals surface area contributed by atoms with E-state index in [4.69, 9.17) is 4.74 Å². The zero-order valence-corrected chi connectivity index (χ0v) is 13.9. The third kappa shape index (κ3) is 2.93. The minimum atomic E-state index is -0.847. The second-order valence-electron chi connectivity index (χ2n) is 6.36. The van der Waals surface area contributed by atoms with Crippen LogP contribution in [0.2, 0.25) is 0 Å². The first kappa shape index (κ1) is 16.3. The minimum Gasteiger partial charge on any atom is -0.484 e. The maximum atomic E-state index is 12.3. The predicted octanol–water partition coefficient (Wildman–Crippen LogP) is 0.917. The van der Waals surface area contributed by atoms with Gasteiger partial charge in [0.1, 0.15) is 11.3 Å². The van der Waals surface area contributed by atoms with E-state index in [-0.39, 0.29) is 24.5 Å². The van der Waals surface area contributed by atoms with Crippen LogP contribution < -0.4 is 10.1 Å².